The number of esters is 2. The maximum absolute atomic E-state index is 12.1. The standard InChI is InChI=1S/C17H18N2O7/c1-25-16(23)10-7-11(17(24)26-2)9-12(8-10)18-13(20)5-6-19-14(21)3-4-15(19)22/h7-9H,3-6H2,1-2H3,(H,18,20). The number of hydrogen-bond acceptors (Lipinski definition) is 7. The fourth-order valence-corrected chi connectivity index (χ4v) is 2.48. The van der Waals surface area contributed by atoms with Gasteiger partial charge in [0.05, 0.1) is 25.3 Å². The highest BCUT2D eigenvalue weighted by atomic mass is 16.5. The molecule has 0 saturated carbocycles. The van der Waals surface area contributed by atoms with E-state index in [1.807, 2.05) is 0 Å². The average molecular weight is 362 g/mol. The third-order valence-corrected chi connectivity index (χ3v) is 3.78. The molecule has 2 rings (SSSR count). The average Bonchev–Trinajstić information content (AvgIpc) is 2.96. The number of anilines is 1. The van der Waals surface area contributed by atoms with Crippen LogP contribution in [-0.2, 0) is 23.9 Å². The van der Waals surface area contributed by atoms with Gasteiger partial charge in [0.25, 0.3) is 0 Å². The molecule has 0 radical (unpaired) electrons. The van der Waals surface area contributed by atoms with E-state index >= 15 is 0 Å². The number of hydrogen-bond donors (Lipinski definition) is 1. The molecular formula is C17H18N2O7. The molecule has 9 nitrogen and oxygen atoms in total. The van der Waals surface area contributed by atoms with Gasteiger partial charge in [-0.2, -0.15) is 0 Å². The SMILES string of the molecule is COC(=O)c1cc(NC(=O)CCN2C(=O)CCC2=O)cc(C(=O)OC)c1. The van der Waals surface area contributed by atoms with E-state index in [9.17, 15) is 24.0 Å². The Hall–Kier alpha value is -3.23. The first kappa shape index (κ1) is 19.1. The van der Waals surface area contributed by atoms with Crippen LogP contribution in [0.15, 0.2) is 18.2 Å². The Morgan fingerprint density at radius 3 is 1.92 bits per heavy atom. The maximum Gasteiger partial charge on any atom is 0.337 e. The molecule has 1 heterocycles. The van der Waals surface area contributed by atoms with Crippen LogP contribution in [0.4, 0.5) is 5.69 Å². The lowest BCUT2D eigenvalue weighted by Gasteiger charge is -2.14. The second kappa shape index (κ2) is 8.24. The quantitative estimate of drug-likeness (QED) is 0.585. The first-order chi connectivity index (χ1) is 12.3. The van der Waals surface area contributed by atoms with E-state index in [1.165, 1.54) is 32.4 Å². The molecule has 1 fully saturated rings. The van der Waals surface area contributed by atoms with Gasteiger partial charge in [-0.05, 0) is 18.2 Å². The van der Waals surface area contributed by atoms with Crippen molar-refractivity contribution >= 4 is 35.3 Å². The van der Waals surface area contributed by atoms with Crippen molar-refractivity contribution < 1.29 is 33.4 Å². The molecule has 1 aliphatic rings. The van der Waals surface area contributed by atoms with Gasteiger partial charge in [-0.25, -0.2) is 9.59 Å². The minimum Gasteiger partial charge on any atom is -0.465 e. The molecule has 138 valence electrons. The van der Waals surface area contributed by atoms with Crippen molar-refractivity contribution in [2.75, 3.05) is 26.1 Å². The van der Waals surface area contributed by atoms with E-state index in [2.05, 4.69) is 14.8 Å². The lowest BCUT2D eigenvalue weighted by Crippen LogP contribution is -2.32. The zero-order valence-electron chi connectivity index (χ0n) is 14.4. The normalized spacial score (nSPS) is 13.5. The van der Waals surface area contributed by atoms with Crippen LogP contribution in [0, 0.1) is 0 Å². The second-order valence-electron chi connectivity index (χ2n) is 5.52. The molecule has 9 heteroatoms. The number of methoxy groups -OCH3 is 2. The van der Waals surface area contributed by atoms with Crippen LogP contribution < -0.4 is 5.32 Å². The van der Waals surface area contributed by atoms with E-state index in [0.29, 0.717) is 0 Å². The number of likely N-dealkylation sites (tertiary alicyclic amines) is 1. The molecule has 0 bridgehead atoms. The fraction of sp³-hybridized carbons (Fsp3) is 0.353. The summed E-state index contributed by atoms with van der Waals surface area (Å²) in [5.41, 5.74) is 0.323. The van der Waals surface area contributed by atoms with Crippen molar-refractivity contribution in [2.45, 2.75) is 19.3 Å². The third-order valence-electron chi connectivity index (χ3n) is 3.78. The van der Waals surface area contributed by atoms with Crippen LogP contribution in [0.1, 0.15) is 40.0 Å². The minimum atomic E-state index is -0.681. The Bertz CT molecular complexity index is 722. The molecule has 1 aliphatic heterocycles. The molecule has 0 unspecified atom stereocenters. The van der Waals surface area contributed by atoms with E-state index < -0.39 is 17.8 Å². The Labute approximate surface area is 149 Å². The van der Waals surface area contributed by atoms with Crippen LogP contribution in [0.2, 0.25) is 0 Å². The third kappa shape index (κ3) is 4.44. The molecule has 3 amide bonds. The van der Waals surface area contributed by atoms with E-state index in [-0.39, 0.29) is 54.4 Å². The van der Waals surface area contributed by atoms with Crippen molar-refractivity contribution in [1.82, 2.24) is 4.90 Å². The molecule has 0 aromatic heterocycles. The van der Waals surface area contributed by atoms with Gasteiger partial charge in [-0.15, -0.1) is 0 Å². The number of nitrogens with zero attached hydrogens (tertiary/aromatic N) is 1. The van der Waals surface area contributed by atoms with Gasteiger partial charge in [-0.3, -0.25) is 19.3 Å². The van der Waals surface area contributed by atoms with Crippen LogP contribution in [-0.4, -0.2) is 55.3 Å². The van der Waals surface area contributed by atoms with E-state index in [0.717, 1.165) is 4.90 Å². The summed E-state index contributed by atoms with van der Waals surface area (Å²) in [6, 6.07) is 3.99. The van der Waals surface area contributed by atoms with Crippen molar-refractivity contribution in [2.24, 2.45) is 0 Å². The highest BCUT2D eigenvalue weighted by Crippen LogP contribution is 2.18. The lowest BCUT2D eigenvalue weighted by atomic mass is 10.1. The Morgan fingerprint density at radius 2 is 1.46 bits per heavy atom. The number of nitrogens with one attached hydrogen (secondary N) is 1. The van der Waals surface area contributed by atoms with Gasteiger partial charge < -0.3 is 14.8 Å². The van der Waals surface area contributed by atoms with Crippen molar-refractivity contribution in [3.05, 3.63) is 29.3 Å². The summed E-state index contributed by atoms with van der Waals surface area (Å²) in [5, 5.41) is 2.53. The van der Waals surface area contributed by atoms with E-state index in [4.69, 9.17) is 0 Å². The molecule has 0 atom stereocenters. The number of imide groups is 1. The summed E-state index contributed by atoms with van der Waals surface area (Å²) in [4.78, 5) is 59.6. The summed E-state index contributed by atoms with van der Waals surface area (Å²) in [7, 11) is 2.38. The number of benzene rings is 1. The molecule has 1 saturated heterocycles. The smallest absolute Gasteiger partial charge is 0.337 e. The van der Waals surface area contributed by atoms with Crippen LogP contribution in [0.5, 0.6) is 0 Å². The predicted octanol–water partition coefficient (Wildman–Crippen LogP) is 0.737. The summed E-state index contributed by atoms with van der Waals surface area (Å²) in [6.45, 7) is -0.0238. The Kier molecular flexibility index (Phi) is 6.05. The van der Waals surface area contributed by atoms with Gasteiger partial charge in [0.15, 0.2) is 0 Å². The molecule has 1 N–H and O–H groups in total. The van der Waals surface area contributed by atoms with Crippen LogP contribution >= 0.6 is 0 Å². The largest absolute Gasteiger partial charge is 0.465 e. The Balaban J connectivity index is 2.10. The van der Waals surface area contributed by atoms with Crippen molar-refractivity contribution in [1.29, 1.82) is 0 Å². The monoisotopic (exact) mass is 362 g/mol. The first-order valence-electron chi connectivity index (χ1n) is 7.80. The summed E-state index contributed by atoms with van der Waals surface area (Å²) in [5.74, 6) is -2.44. The number of ether oxygens (including phenoxy) is 2. The zero-order chi connectivity index (χ0) is 19.3. The highest BCUT2D eigenvalue weighted by Gasteiger charge is 2.28. The molecule has 26 heavy (non-hydrogen) atoms. The van der Waals surface area contributed by atoms with Crippen molar-refractivity contribution in [3.63, 3.8) is 0 Å². The van der Waals surface area contributed by atoms with E-state index in [1.54, 1.807) is 0 Å². The van der Waals surface area contributed by atoms with Crippen LogP contribution in [0.25, 0.3) is 0 Å². The second-order valence-corrected chi connectivity index (χ2v) is 5.52. The zero-order valence-corrected chi connectivity index (χ0v) is 14.4. The van der Waals surface area contributed by atoms with Gasteiger partial charge in [-0.1, -0.05) is 0 Å². The molecule has 0 aliphatic carbocycles. The van der Waals surface area contributed by atoms with Gasteiger partial charge in [0.2, 0.25) is 17.7 Å². The molecule has 1 aromatic carbocycles. The summed E-state index contributed by atoms with van der Waals surface area (Å²) < 4.78 is 9.24. The predicted molar refractivity (Wildman–Crippen MR) is 88.3 cm³/mol. The maximum atomic E-state index is 12.1. The molecule has 1 aromatic rings. The number of amides is 3. The first-order valence-corrected chi connectivity index (χ1v) is 7.80. The van der Waals surface area contributed by atoms with Crippen molar-refractivity contribution in [3.8, 4) is 0 Å². The van der Waals surface area contributed by atoms with Crippen LogP contribution in [0.3, 0.4) is 0 Å². The van der Waals surface area contributed by atoms with Gasteiger partial charge in [0, 0.05) is 31.5 Å². The molecular weight excluding hydrogens is 344 g/mol. The number of carbonyl (C=O) groups excluding carboxylic acids is 5. The minimum absolute atomic E-state index is 0.0238. The lowest BCUT2D eigenvalue weighted by molar-refractivity contribution is -0.138. The summed E-state index contributed by atoms with van der Waals surface area (Å²) >= 11 is 0. The Morgan fingerprint density at radius 1 is 0.962 bits per heavy atom. The molecule has 0 spiro atoms. The fourth-order valence-electron chi connectivity index (χ4n) is 2.48. The van der Waals surface area contributed by atoms with Gasteiger partial charge >= 0.3 is 11.9 Å². The number of rotatable bonds is 6. The topological polar surface area (TPSA) is 119 Å². The number of carbonyl (C=O) groups is 5. The summed E-state index contributed by atoms with van der Waals surface area (Å²) in [6.07, 6.45) is 0.210. The highest BCUT2D eigenvalue weighted by molar-refractivity contribution is 6.03. The van der Waals surface area contributed by atoms with Gasteiger partial charge in [0.1, 0.15) is 0 Å².